The van der Waals surface area contributed by atoms with E-state index >= 15 is 0 Å². The van der Waals surface area contributed by atoms with Crippen LogP contribution in [0.2, 0.25) is 0 Å². The Morgan fingerprint density at radius 1 is 1.12 bits per heavy atom. The molecule has 1 heterocycles. The van der Waals surface area contributed by atoms with Crippen molar-refractivity contribution in [2.24, 2.45) is 10.8 Å². The van der Waals surface area contributed by atoms with E-state index in [1.807, 2.05) is 19.1 Å². The summed E-state index contributed by atoms with van der Waals surface area (Å²) in [6, 6.07) is 6.89. The molecule has 0 bridgehead atoms. The highest BCUT2D eigenvalue weighted by molar-refractivity contribution is 7.86. The second kappa shape index (κ2) is 6.11. The predicted molar refractivity (Wildman–Crippen MR) is 95.4 cm³/mol. The molecule has 0 unspecified atom stereocenters. The van der Waals surface area contributed by atoms with Crippen LogP contribution in [0.1, 0.15) is 45.1 Å². The first kappa shape index (κ1) is 17.9. The van der Waals surface area contributed by atoms with Crippen molar-refractivity contribution in [2.75, 3.05) is 20.1 Å². The largest absolute Gasteiger partial charge is 0.306 e. The van der Waals surface area contributed by atoms with E-state index in [1.165, 1.54) is 0 Å². The number of fused-ring (bicyclic) bond motifs is 1. The summed E-state index contributed by atoms with van der Waals surface area (Å²) in [5.41, 5.74) is 1.43. The van der Waals surface area contributed by atoms with Gasteiger partial charge in [-0.3, -0.25) is 4.18 Å². The number of aryl methyl sites for hydroxylation is 1. The van der Waals surface area contributed by atoms with Crippen LogP contribution in [-0.2, 0) is 14.3 Å². The molecule has 1 aromatic carbocycles. The lowest BCUT2D eigenvalue weighted by molar-refractivity contribution is -0.0877. The van der Waals surface area contributed by atoms with E-state index < -0.39 is 10.1 Å². The summed E-state index contributed by atoms with van der Waals surface area (Å²) in [5, 5.41) is 0. The van der Waals surface area contributed by atoms with Crippen LogP contribution in [0.3, 0.4) is 0 Å². The lowest BCUT2D eigenvalue weighted by Crippen LogP contribution is -2.55. The molecule has 2 fully saturated rings. The summed E-state index contributed by atoms with van der Waals surface area (Å²) in [6.45, 7) is 8.77. The number of piperidine rings is 1. The Balaban J connectivity index is 1.75. The van der Waals surface area contributed by atoms with Crippen molar-refractivity contribution in [3.8, 4) is 0 Å². The van der Waals surface area contributed by atoms with E-state index in [4.69, 9.17) is 4.18 Å². The minimum absolute atomic E-state index is 0.144. The number of nitrogens with zero attached hydrogens (tertiary/aromatic N) is 1. The second-order valence-electron chi connectivity index (χ2n) is 8.34. The number of likely N-dealkylation sites (tertiary alicyclic amines) is 1. The highest BCUT2D eigenvalue weighted by atomic mass is 32.2. The molecule has 0 amide bonds. The monoisotopic (exact) mass is 351 g/mol. The lowest BCUT2D eigenvalue weighted by atomic mass is 9.54. The Morgan fingerprint density at radius 2 is 1.79 bits per heavy atom. The van der Waals surface area contributed by atoms with Crippen molar-refractivity contribution in [1.29, 1.82) is 0 Å². The number of hydrogen-bond acceptors (Lipinski definition) is 4. The van der Waals surface area contributed by atoms with Crippen molar-refractivity contribution in [3.05, 3.63) is 29.8 Å². The first-order valence-corrected chi connectivity index (χ1v) is 10.2. The normalized spacial score (nSPS) is 34.8. The summed E-state index contributed by atoms with van der Waals surface area (Å²) < 4.78 is 30.8. The maximum Gasteiger partial charge on any atom is 0.297 e. The zero-order valence-electron chi connectivity index (χ0n) is 15.2. The molecule has 5 heteroatoms. The molecule has 1 aromatic rings. The molecular weight excluding hydrogens is 322 g/mol. The summed E-state index contributed by atoms with van der Waals surface area (Å²) in [4.78, 5) is 2.65. The van der Waals surface area contributed by atoms with Gasteiger partial charge in [0.25, 0.3) is 10.1 Å². The van der Waals surface area contributed by atoms with Gasteiger partial charge >= 0.3 is 0 Å². The number of benzene rings is 1. The van der Waals surface area contributed by atoms with Crippen molar-refractivity contribution >= 4 is 10.1 Å². The maximum absolute atomic E-state index is 12.6. The molecule has 1 aliphatic heterocycles. The van der Waals surface area contributed by atoms with Gasteiger partial charge in [-0.2, -0.15) is 8.42 Å². The van der Waals surface area contributed by atoms with Gasteiger partial charge in [-0.05, 0) is 69.2 Å². The number of hydrogen-bond donors (Lipinski definition) is 0. The highest BCUT2D eigenvalue weighted by Gasteiger charge is 2.52. The van der Waals surface area contributed by atoms with Crippen LogP contribution in [0.15, 0.2) is 29.2 Å². The van der Waals surface area contributed by atoms with Gasteiger partial charge in [0, 0.05) is 6.54 Å². The lowest BCUT2D eigenvalue weighted by Gasteiger charge is -2.57. The van der Waals surface area contributed by atoms with Crippen LogP contribution in [0.5, 0.6) is 0 Å². The molecule has 3 rings (SSSR count). The van der Waals surface area contributed by atoms with E-state index in [0.29, 0.717) is 0 Å². The van der Waals surface area contributed by atoms with Gasteiger partial charge in [-0.1, -0.05) is 31.5 Å². The molecule has 3 atom stereocenters. The standard InChI is InChI=1S/C19H29NO3S/c1-15-5-7-17(8-6-15)24(21,22)23-16-9-10-19(3)14-20(4)12-11-18(19,2)13-16/h5-8,16H,9-14H2,1-4H3/t16-,18-,19+/m0/s1. The first-order valence-electron chi connectivity index (χ1n) is 8.82. The molecule has 0 spiro atoms. The summed E-state index contributed by atoms with van der Waals surface area (Å²) in [5.74, 6) is 0. The first-order chi connectivity index (χ1) is 11.1. The van der Waals surface area contributed by atoms with Crippen LogP contribution >= 0.6 is 0 Å². The molecule has 134 valence electrons. The van der Waals surface area contributed by atoms with Crippen LogP contribution in [0.4, 0.5) is 0 Å². The minimum Gasteiger partial charge on any atom is -0.306 e. The van der Waals surface area contributed by atoms with Crippen LogP contribution in [0, 0.1) is 17.8 Å². The average molecular weight is 352 g/mol. The quantitative estimate of drug-likeness (QED) is 0.781. The molecule has 1 saturated carbocycles. The molecule has 1 saturated heterocycles. The van der Waals surface area contributed by atoms with Gasteiger partial charge in [0.1, 0.15) is 0 Å². The van der Waals surface area contributed by atoms with E-state index in [0.717, 1.165) is 44.3 Å². The molecule has 2 aliphatic rings. The van der Waals surface area contributed by atoms with Gasteiger partial charge < -0.3 is 4.90 Å². The Morgan fingerprint density at radius 3 is 2.46 bits per heavy atom. The van der Waals surface area contributed by atoms with E-state index in [-0.39, 0.29) is 21.8 Å². The molecule has 1 aliphatic carbocycles. The molecule has 24 heavy (non-hydrogen) atoms. The predicted octanol–water partition coefficient (Wildman–Crippen LogP) is 3.60. The zero-order valence-corrected chi connectivity index (χ0v) is 16.0. The Bertz CT molecular complexity index is 700. The fourth-order valence-electron chi connectivity index (χ4n) is 4.44. The molecule has 4 nitrogen and oxygen atoms in total. The topological polar surface area (TPSA) is 46.6 Å². The molecular formula is C19H29NO3S. The highest BCUT2D eigenvalue weighted by Crippen LogP contribution is 2.55. The van der Waals surface area contributed by atoms with Gasteiger partial charge in [0.2, 0.25) is 0 Å². The maximum atomic E-state index is 12.6. The third-order valence-corrected chi connectivity index (χ3v) is 7.77. The summed E-state index contributed by atoms with van der Waals surface area (Å²) in [7, 11) is -1.51. The van der Waals surface area contributed by atoms with Gasteiger partial charge in [-0.15, -0.1) is 0 Å². The number of rotatable bonds is 3. The van der Waals surface area contributed by atoms with Crippen molar-refractivity contribution in [1.82, 2.24) is 4.90 Å². The van der Waals surface area contributed by atoms with Crippen LogP contribution in [-0.4, -0.2) is 39.6 Å². The zero-order chi connectivity index (χ0) is 17.6. The van der Waals surface area contributed by atoms with Gasteiger partial charge in [0.15, 0.2) is 0 Å². The molecule has 0 radical (unpaired) electrons. The third-order valence-electron chi connectivity index (χ3n) is 6.39. The Labute approximate surface area is 146 Å². The SMILES string of the molecule is Cc1ccc(S(=O)(=O)O[C@H]2CC[C@]3(C)CN(C)CC[C@@]3(C)C2)cc1. The van der Waals surface area contributed by atoms with E-state index in [1.54, 1.807) is 12.1 Å². The minimum atomic E-state index is -3.68. The van der Waals surface area contributed by atoms with E-state index in [2.05, 4.69) is 25.8 Å². The summed E-state index contributed by atoms with van der Waals surface area (Å²) in [6.07, 6.45) is 3.54. The average Bonchev–Trinajstić information content (AvgIpc) is 2.49. The van der Waals surface area contributed by atoms with Crippen molar-refractivity contribution in [3.63, 3.8) is 0 Å². The van der Waals surface area contributed by atoms with Crippen molar-refractivity contribution < 1.29 is 12.6 Å². The van der Waals surface area contributed by atoms with E-state index in [9.17, 15) is 8.42 Å². The fourth-order valence-corrected chi connectivity index (χ4v) is 5.54. The fraction of sp³-hybridized carbons (Fsp3) is 0.684. The van der Waals surface area contributed by atoms with Crippen LogP contribution < -0.4 is 0 Å². The smallest absolute Gasteiger partial charge is 0.297 e. The Kier molecular flexibility index (Phi) is 4.56. The molecule has 0 aromatic heterocycles. The Hall–Kier alpha value is -0.910. The summed E-state index contributed by atoms with van der Waals surface area (Å²) >= 11 is 0. The van der Waals surface area contributed by atoms with Crippen molar-refractivity contribution in [2.45, 2.75) is 57.5 Å². The second-order valence-corrected chi connectivity index (χ2v) is 9.91. The van der Waals surface area contributed by atoms with Gasteiger partial charge in [-0.25, -0.2) is 0 Å². The molecule has 0 N–H and O–H groups in total. The van der Waals surface area contributed by atoms with Crippen LogP contribution in [0.25, 0.3) is 0 Å². The third kappa shape index (κ3) is 3.26. The van der Waals surface area contributed by atoms with Gasteiger partial charge in [0.05, 0.1) is 11.0 Å².